The van der Waals surface area contributed by atoms with Crippen molar-refractivity contribution in [2.45, 2.75) is 25.3 Å². The van der Waals surface area contributed by atoms with Crippen molar-refractivity contribution >= 4 is 23.6 Å². The highest BCUT2D eigenvalue weighted by Crippen LogP contribution is 2.31. The summed E-state index contributed by atoms with van der Waals surface area (Å²) in [6.45, 7) is 1.02. The number of anilines is 1. The molecular formula is C17H21N3O5. The molecule has 1 aliphatic carbocycles. The molecular weight excluding hydrogens is 326 g/mol. The van der Waals surface area contributed by atoms with Crippen molar-refractivity contribution in [2.75, 3.05) is 25.1 Å². The number of nitrogens with one attached hydrogen (secondary N) is 2. The number of nitrogens with zero attached hydrogens (tertiary/aromatic N) is 1. The van der Waals surface area contributed by atoms with Crippen LogP contribution < -0.4 is 20.3 Å². The molecule has 3 rings (SSSR count). The smallest absolute Gasteiger partial charge is 0.322 e. The topological polar surface area (TPSA) is 108 Å². The standard InChI is InChI=1S/C17H21N3O5/c1-25-14-6-5-10(9-13(14)20-8-7-18-17(20)24)15(21)19-12-4-2-3-11(12)16(22)23/h5-6,9,11-12H,2-4,7-8H2,1H3,(H,18,24)(H,19,21)(H,22,23)/t11-,12+/m0/s1. The monoisotopic (exact) mass is 347 g/mol. The highest BCUT2D eigenvalue weighted by atomic mass is 16.5. The number of carbonyl (C=O) groups is 3. The lowest BCUT2D eigenvalue weighted by Gasteiger charge is -2.20. The number of hydrogen-bond donors (Lipinski definition) is 3. The van der Waals surface area contributed by atoms with E-state index < -0.39 is 11.9 Å². The fourth-order valence-electron chi connectivity index (χ4n) is 3.42. The van der Waals surface area contributed by atoms with Crippen molar-refractivity contribution in [1.82, 2.24) is 10.6 Å². The van der Waals surface area contributed by atoms with E-state index in [1.54, 1.807) is 18.2 Å². The van der Waals surface area contributed by atoms with Gasteiger partial charge in [0.25, 0.3) is 5.91 Å². The summed E-state index contributed by atoms with van der Waals surface area (Å²) in [5, 5.41) is 14.8. The van der Waals surface area contributed by atoms with Crippen molar-refractivity contribution in [3.63, 3.8) is 0 Å². The molecule has 134 valence electrons. The Kier molecular flexibility index (Phi) is 4.78. The summed E-state index contributed by atoms with van der Waals surface area (Å²) in [5.41, 5.74) is 0.887. The molecule has 0 unspecified atom stereocenters. The molecule has 2 atom stereocenters. The first-order valence-corrected chi connectivity index (χ1v) is 8.28. The number of hydrogen-bond acceptors (Lipinski definition) is 4. The molecule has 8 nitrogen and oxygen atoms in total. The van der Waals surface area contributed by atoms with Gasteiger partial charge in [-0.2, -0.15) is 0 Å². The van der Waals surface area contributed by atoms with Crippen LogP contribution in [0.5, 0.6) is 5.75 Å². The van der Waals surface area contributed by atoms with Crippen LogP contribution in [0.2, 0.25) is 0 Å². The molecule has 2 aliphatic rings. The van der Waals surface area contributed by atoms with E-state index in [1.165, 1.54) is 12.0 Å². The van der Waals surface area contributed by atoms with E-state index in [4.69, 9.17) is 4.74 Å². The minimum Gasteiger partial charge on any atom is -0.495 e. The van der Waals surface area contributed by atoms with Gasteiger partial charge in [-0.15, -0.1) is 0 Å². The summed E-state index contributed by atoms with van der Waals surface area (Å²) in [6.07, 6.45) is 2.01. The van der Waals surface area contributed by atoms with Crippen LogP contribution in [0.25, 0.3) is 0 Å². The molecule has 1 aromatic carbocycles. The van der Waals surface area contributed by atoms with Crippen molar-refractivity contribution in [3.8, 4) is 5.75 Å². The molecule has 25 heavy (non-hydrogen) atoms. The van der Waals surface area contributed by atoms with Crippen LogP contribution in [0, 0.1) is 5.92 Å². The van der Waals surface area contributed by atoms with E-state index in [0.717, 1.165) is 6.42 Å². The zero-order chi connectivity index (χ0) is 18.0. The lowest BCUT2D eigenvalue weighted by Crippen LogP contribution is -2.40. The van der Waals surface area contributed by atoms with Gasteiger partial charge in [-0.3, -0.25) is 14.5 Å². The zero-order valence-electron chi connectivity index (χ0n) is 13.9. The van der Waals surface area contributed by atoms with Crippen LogP contribution >= 0.6 is 0 Å². The molecule has 0 aromatic heterocycles. The number of amides is 3. The first kappa shape index (κ1) is 17.1. The van der Waals surface area contributed by atoms with Crippen molar-refractivity contribution < 1.29 is 24.2 Å². The summed E-state index contributed by atoms with van der Waals surface area (Å²) >= 11 is 0. The predicted molar refractivity (Wildman–Crippen MR) is 90.0 cm³/mol. The average Bonchev–Trinajstić information content (AvgIpc) is 3.23. The SMILES string of the molecule is COc1ccc(C(=O)N[C@@H]2CCC[C@@H]2C(=O)O)cc1N1CCNC1=O. The van der Waals surface area contributed by atoms with Crippen LogP contribution in [0.4, 0.5) is 10.5 Å². The van der Waals surface area contributed by atoms with Gasteiger partial charge in [0, 0.05) is 24.7 Å². The van der Waals surface area contributed by atoms with Crippen molar-refractivity contribution in [1.29, 1.82) is 0 Å². The maximum Gasteiger partial charge on any atom is 0.322 e. The maximum absolute atomic E-state index is 12.6. The molecule has 1 saturated carbocycles. The maximum atomic E-state index is 12.6. The summed E-state index contributed by atoms with van der Waals surface area (Å²) in [4.78, 5) is 37.2. The third-order valence-corrected chi connectivity index (χ3v) is 4.74. The number of aliphatic carboxylic acids is 1. The van der Waals surface area contributed by atoms with Gasteiger partial charge in [-0.25, -0.2) is 4.79 Å². The molecule has 1 saturated heterocycles. The summed E-state index contributed by atoms with van der Waals surface area (Å²) in [5.74, 6) is -1.28. The summed E-state index contributed by atoms with van der Waals surface area (Å²) in [7, 11) is 1.50. The Morgan fingerprint density at radius 3 is 2.80 bits per heavy atom. The summed E-state index contributed by atoms with van der Waals surface area (Å²) < 4.78 is 5.29. The Bertz CT molecular complexity index is 706. The molecule has 3 amide bonds. The average molecular weight is 347 g/mol. The highest BCUT2D eigenvalue weighted by molar-refractivity contribution is 6.00. The second-order valence-corrected chi connectivity index (χ2v) is 6.23. The van der Waals surface area contributed by atoms with Gasteiger partial charge >= 0.3 is 12.0 Å². The minimum absolute atomic E-state index is 0.238. The second-order valence-electron chi connectivity index (χ2n) is 6.23. The first-order valence-electron chi connectivity index (χ1n) is 8.28. The molecule has 2 fully saturated rings. The summed E-state index contributed by atoms with van der Waals surface area (Å²) in [6, 6.07) is 4.24. The van der Waals surface area contributed by atoms with E-state index in [-0.39, 0.29) is 18.0 Å². The molecule has 8 heteroatoms. The van der Waals surface area contributed by atoms with Crippen LogP contribution in [-0.2, 0) is 4.79 Å². The Morgan fingerprint density at radius 1 is 1.36 bits per heavy atom. The molecule has 0 bridgehead atoms. The van der Waals surface area contributed by atoms with Gasteiger partial charge in [0.15, 0.2) is 0 Å². The van der Waals surface area contributed by atoms with E-state index in [9.17, 15) is 19.5 Å². The molecule has 1 heterocycles. The Hall–Kier alpha value is -2.77. The van der Waals surface area contributed by atoms with Gasteiger partial charge in [0.2, 0.25) is 0 Å². The zero-order valence-corrected chi connectivity index (χ0v) is 13.9. The molecule has 1 aromatic rings. The number of urea groups is 1. The van der Waals surface area contributed by atoms with Gasteiger partial charge in [0.1, 0.15) is 5.75 Å². The van der Waals surface area contributed by atoms with E-state index >= 15 is 0 Å². The van der Waals surface area contributed by atoms with Crippen molar-refractivity contribution in [2.24, 2.45) is 5.92 Å². The Balaban J connectivity index is 1.81. The third kappa shape index (κ3) is 3.38. The van der Waals surface area contributed by atoms with Crippen LogP contribution in [0.15, 0.2) is 18.2 Å². The third-order valence-electron chi connectivity index (χ3n) is 4.74. The number of rotatable bonds is 5. The van der Waals surface area contributed by atoms with E-state index in [2.05, 4.69) is 10.6 Å². The predicted octanol–water partition coefficient (Wildman–Crippen LogP) is 1.21. The number of benzene rings is 1. The van der Waals surface area contributed by atoms with Gasteiger partial charge in [-0.1, -0.05) is 6.42 Å². The van der Waals surface area contributed by atoms with Crippen LogP contribution in [0.1, 0.15) is 29.6 Å². The Morgan fingerprint density at radius 2 is 2.16 bits per heavy atom. The fraction of sp³-hybridized carbons (Fsp3) is 0.471. The van der Waals surface area contributed by atoms with Gasteiger partial charge in [0.05, 0.1) is 18.7 Å². The van der Waals surface area contributed by atoms with Gasteiger partial charge < -0.3 is 20.5 Å². The lowest BCUT2D eigenvalue weighted by molar-refractivity contribution is -0.142. The van der Waals surface area contributed by atoms with Crippen molar-refractivity contribution in [3.05, 3.63) is 23.8 Å². The Labute approximate surface area is 145 Å². The van der Waals surface area contributed by atoms with Crippen LogP contribution in [0.3, 0.4) is 0 Å². The number of ether oxygens (including phenoxy) is 1. The normalized spacial score (nSPS) is 22.6. The number of carbonyl (C=O) groups excluding carboxylic acids is 2. The number of methoxy groups -OCH3 is 1. The first-order chi connectivity index (χ1) is 12.0. The quantitative estimate of drug-likeness (QED) is 0.742. The number of carboxylic acids is 1. The largest absolute Gasteiger partial charge is 0.495 e. The molecule has 0 spiro atoms. The van der Waals surface area contributed by atoms with E-state index in [0.29, 0.717) is 42.9 Å². The lowest BCUT2D eigenvalue weighted by atomic mass is 10.0. The second kappa shape index (κ2) is 7.00. The highest BCUT2D eigenvalue weighted by Gasteiger charge is 2.34. The van der Waals surface area contributed by atoms with Crippen LogP contribution in [-0.4, -0.2) is 49.3 Å². The molecule has 3 N–H and O–H groups in total. The number of carboxylic acid groups (broad SMARTS) is 1. The fourth-order valence-corrected chi connectivity index (χ4v) is 3.42. The van der Waals surface area contributed by atoms with E-state index in [1.807, 2.05) is 0 Å². The minimum atomic E-state index is -0.882. The molecule has 1 aliphatic heterocycles. The van der Waals surface area contributed by atoms with Gasteiger partial charge in [-0.05, 0) is 31.0 Å². The molecule has 0 radical (unpaired) electrons.